The van der Waals surface area contributed by atoms with Crippen molar-refractivity contribution in [2.45, 2.75) is 19.3 Å². The zero-order chi connectivity index (χ0) is 11.9. The van der Waals surface area contributed by atoms with Gasteiger partial charge in [-0.25, -0.2) is 0 Å². The van der Waals surface area contributed by atoms with Crippen LogP contribution < -0.4 is 0 Å². The maximum Gasteiger partial charge on any atom is 0.264 e. The van der Waals surface area contributed by atoms with Gasteiger partial charge in [0.2, 0.25) is 0 Å². The van der Waals surface area contributed by atoms with Crippen molar-refractivity contribution >= 4 is 22.7 Å². The third kappa shape index (κ3) is 10.5. The van der Waals surface area contributed by atoms with Gasteiger partial charge in [0, 0.05) is 6.42 Å². The van der Waals surface area contributed by atoms with Crippen LogP contribution in [0.15, 0.2) is 0 Å². The van der Waals surface area contributed by atoms with Gasteiger partial charge in [-0.2, -0.15) is 8.42 Å². The van der Waals surface area contributed by atoms with Crippen LogP contribution in [-0.2, 0) is 22.7 Å². The Balaban J connectivity index is 3.66. The highest BCUT2D eigenvalue weighted by atomic mass is 32.2. The van der Waals surface area contributed by atoms with Crippen molar-refractivity contribution in [3.8, 4) is 0 Å². The van der Waals surface area contributed by atoms with Crippen molar-refractivity contribution in [3.63, 3.8) is 0 Å². The Kier molecular flexibility index (Phi) is 6.83. The summed E-state index contributed by atoms with van der Waals surface area (Å²) in [7, 11) is 0.495. The van der Waals surface area contributed by atoms with E-state index >= 15 is 0 Å². The largest absolute Gasteiger partial charge is 0.328 e. The van der Waals surface area contributed by atoms with Gasteiger partial charge in [-0.3, -0.25) is 4.55 Å². The zero-order valence-electron chi connectivity index (χ0n) is 9.57. The van der Waals surface area contributed by atoms with Crippen LogP contribution in [0.5, 0.6) is 0 Å². The van der Waals surface area contributed by atoms with Crippen LogP contribution in [0.3, 0.4) is 0 Å². The molecule has 4 nitrogen and oxygen atoms in total. The lowest BCUT2D eigenvalue weighted by molar-refractivity contribution is -0.890. The quantitative estimate of drug-likeness (QED) is 0.291. The third-order valence-corrected chi connectivity index (χ3v) is 3.51. The minimum absolute atomic E-state index is 0.120. The number of hydrogen-bond acceptors (Lipinski definition) is 2. The normalized spacial score (nSPS) is 13.1. The molecule has 0 amide bonds. The summed E-state index contributed by atoms with van der Waals surface area (Å²) >= 11 is 3.43. The molecule has 1 N–H and O–H groups in total. The summed E-state index contributed by atoms with van der Waals surface area (Å²) in [5, 5.41) is 0. The molecular formula is C9H23NO3S2+2. The molecule has 0 saturated carbocycles. The molecule has 0 rings (SSSR count). The van der Waals surface area contributed by atoms with Crippen molar-refractivity contribution < 1.29 is 17.5 Å². The van der Waals surface area contributed by atoms with Crippen LogP contribution in [0.1, 0.15) is 19.3 Å². The molecule has 0 aliphatic heterocycles. The first-order chi connectivity index (χ1) is 6.77. The second-order valence-electron chi connectivity index (χ2n) is 4.48. The topological polar surface area (TPSA) is 54.4 Å². The smallest absolute Gasteiger partial charge is 0.264 e. The van der Waals surface area contributed by atoms with Gasteiger partial charge in [-0.1, -0.05) is 0 Å². The van der Waals surface area contributed by atoms with Crippen LogP contribution in [0.25, 0.3) is 0 Å². The summed E-state index contributed by atoms with van der Waals surface area (Å²) in [5.74, 6) is 0.873. The summed E-state index contributed by atoms with van der Waals surface area (Å²) in [4.78, 5) is 0. The third-order valence-electron chi connectivity index (χ3n) is 2.36. The minimum atomic E-state index is -3.77. The van der Waals surface area contributed by atoms with Gasteiger partial charge < -0.3 is 4.48 Å². The Bertz CT molecular complexity index is 263. The first-order valence-corrected chi connectivity index (χ1v) is 7.50. The number of quaternary nitrogens is 1. The molecule has 0 fully saturated rings. The fourth-order valence-corrected chi connectivity index (χ4v) is 2.17. The van der Waals surface area contributed by atoms with E-state index < -0.39 is 10.1 Å². The molecule has 0 atom stereocenters. The van der Waals surface area contributed by atoms with Gasteiger partial charge in [-0.05, 0) is 25.5 Å². The van der Waals surface area contributed by atoms with Crippen LogP contribution in [-0.4, -0.2) is 56.1 Å². The van der Waals surface area contributed by atoms with Crippen molar-refractivity contribution in [1.29, 1.82) is 0 Å². The van der Waals surface area contributed by atoms with E-state index in [-0.39, 0.29) is 5.75 Å². The Hall–Kier alpha value is 0.220. The van der Waals surface area contributed by atoms with Crippen LogP contribution in [0, 0.1) is 0 Å². The van der Waals surface area contributed by atoms with E-state index in [1.165, 1.54) is 0 Å². The molecule has 0 radical (unpaired) electrons. The Morgan fingerprint density at radius 1 is 1.13 bits per heavy atom. The average Bonchev–Trinajstić information content (AvgIpc) is 2.08. The lowest BCUT2D eigenvalue weighted by atomic mass is 10.3. The van der Waals surface area contributed by atoms with E-state index in [0.717, 1.165) is 36.2 Å². The number of unbranched alkanes of at least 4 members (excludes halogenated alkanes) is 1. The molecule has 0 heterocycles. The number of hydrogen-bond donors (Lipinski definition) is 1. The summed E-state index contributed by atoms with van der Waals surface area (Å²) in [6.07, 6.45) is 2.48. The zero-order valence-corrected chi connectivity index (χ0v) is 11.4. The second kappa shape index (κ2) is 6.73. The van der Waals surface area contributed by atoms with Gasteiger partial charge in [0.25, 0.3) is 10.1 Å². The highest BCUT2D eigenvalue weighted by molar-refractivity contribution is 7.85. The highest BCUT2D eigenvalue weighted by Gasteiger charge is 2.14. The van der Waals surface area contributed by atoms with E-state index in [1.54, 1.807) is 0 Å². The molecule has 92 valence electrons. The first-order valence-electron chi connectivity index (χ1n) is 5.19. The summed E-state index contributed by atoms with van der Waals surface area (Å²) in [5.41, 5.74) is 0. The lowest BCUT2D eigenvalue weighted by Gasteiger charge is -2.29. The van der Waals surface area contributed by atoms with Gasteiger partial charge in [0.05, 0.1) is 32.9 Å². The van der Waals surface area contributed by atoms with Crippen LogP contribution >= 0.6 is 0 Å². The average molecular weight is 257 g/mol. The number of rotatable bonds is 8. The molecule has 0 aliphatic rings. The molecule has 15 heavy (non-hydrogen) atoms. The molecule has 0 bridgehead atoms. The van der Waals surface area contributed by atoms with E-state index in [4.69, 9.17) is 4.55 Å². The van der Waals surface area contributed by atoms with E-state index in [0.29, 0.717) is 6.42 Å². The molecule has 0 saturated heterocycles. The Morgan fingerprint density at radius 3 is 2.13 bits per heavy atom. The van der Waals surface area contributed by atoms with Gasteiger partial charge in [-0.15, -0.1) is 0 Å². The maximum absolute atomic E-state index is 10.5. The molecule has 0 unspecified atom stereocenters. The van der Waals surface area contributed by atoms with Crippen molar-refractivity contribution in [3.05, 3.63) is 0 Å². The molecular weight excluding hydrogens is 234 g/mol. The van der Waals surface area contributed by atoms with Crippen molar-refractivity contribution in [1.82, 2.24) is 0 Å². The molecule has 0 aromatic rings. The van der Waals surface area contributed by atoms with Gasteiger partial charge >= 0.3 is 0 Å². The van der Waals surface area contributed by atoms with Crippen molar-refractivity contribution in [2.75, 3.05) is 38.7 Å². The fourth-order valence-electron chi connectivity index (χ4n) is 1.44. The monoisotopic (exact) mass is 257 g/mol. The van der Waals surface area contributed by atoms with E-state index in [9.17, 15) is 8.42 Å². The predicted molar refractivity (Wildman–Crippen MR) is 67.1 cm³/mol. The summed E-state index contributed by atoms with van der Waals surface area (Å²) < 4.78 is 30.4. The molecule has 0 aromatic carbocycles. The first kappa shape index (κ1) is 15.2. The molecule has 6 heteroatoms. The second-order valence-corrected chi connectivity index (χ2v) is 6.55. The van der Waals surface area contributed by atoms with Crippen molar-refractivity contribution in [2.24, 2.45) is 0 Å². The van der Waals surface area contributed by atoms with Gasteiger partial charge in [0.15, 0.2) is 0 Å². The van der Waals surface area contributed by atoms with Crippen LogP contribution in [0.4, 0.5) is 0 Å². The molecule has 0 aliphatic carbocycles. The molecule has 0 aromatic heterocycles. The minimum Gasteiger partial charge on any atom is -0.328 e. The lowest BCUT2D eigenvalue weighted by Crippen LogP contribution is -2.41. The SMILES string of the molecule is C[N+](C)(CCC[SH2+])CCCCS(=O)(=O)O. The van der Waals surface area contributed by atoms with Gasteiger partial charge in [0.1, 0.15) is 5.75 Å². The fraction of sp³-hybridized carbons (Fsp3) is 1.00. The van der Waals surface area contributed by atoms with E-state index in [2.05, 4.69) is 26.7 Å². The molecule has 0 spiro atoms. The standard InChI is InChI=1S/C9H21NO3S2/c1-10(2,7-5-8-14)6-3-4-9-15(11,12)13/h3-9H2,1-2H3,(H-,11,12,13,14)/p+2. The summed E-state index contributed by atoms with van der Waals surface area (Å²) in [6.45, 7) is 2.02. The van der Waals surface area contributed by atoms with Crippen LogP contribution in [0.2, 0.25) is 0 Å². The number of nitrogens with zero attached hydrogens (tertiary/aromatic N) is 1. The maximum atomic E-state index is 10.5. The predicted octanol–water partition coefficient (Wildman–Crippen LogP) is 0.132. The van der Waals surface area contributed by atoms with E-state index in [1.807, 2.05) is 0 Å². The summed E-state index contributed by atoms with van der Waals surface area (Å²) in [6, 6.07) is 0. The Labute approximate surface area is 98.4 Å². The highest BCUT2D eigenvalue weighted by Crippen LogP contribution is 2.04. The Morgan fingerprint density at radius 2 is 1.67 bits per heavy atom.